The first-order valence-corrected chi connectivity index (χ1v) is 7.54. The number of piperidine rings is 1. The van der Waals surface area contributed by atoms with Crippen LogP contribution >= 0.6 is 0 Å². The van der Waals surface area contributed by atoms with E-state index in [0.717, 1.165) is 12.8 Å². The lowest BCUT2D eigenvalue weighted by atomic mass is 9.92. The highest BCUT2D eigenvalue weighted by Crippen LogP contribution is 2.27. The van der Waals surface area contributed by atoms with Gasteiger partial charge in [-0.3, -0.25) is 19.5 Å². The number of hydrogen-bond acceptors (Lipinski definition) is 4. The molecule has 1 atom stereocenters. The Morgan fingerprint density at radius 3 is 3.00 bits per heavy atom. The zero-order valence-electron chi connectivity index (χ0n) is 12.9. The van der Waals surface area contributed by atoms with Crippen molar-refractivity contribution < 1.29 is 14.4 Å². The van der Waals surface area contributed by atoms with Crippen LogP contribution in [0.15, 0.2) is 18.9 Å². The molecular weight excluding hydrogens is 298 g/mol. The van der Waals surface area contributed by atoms with Crippen molar-refractivity contribution in [2.45, 2.75) is 25.2 Å². The Kier molecular flexibility index (Phi) is 5.51. The molecule has 8 heteroatoms. The van der Waals surface area contributed by atoms with E-state index < -0.39 is 5.91 Å². The Hall–Kier alpha value is -2.64. The minimum atomic E-state index is -0.469. The molecule has 1 aromatic rings. The van der Waals surface area contributed by atoms with Crippen LogP contribution in [0.2, 0.25) is 0 Å². The molecule has 0 saturated carbocycles. The van der Waals surface area contributed by atoms with E-state index in [1.807, 2.05) is 0 Å². The number of hydrogen-bond donors (Lipinski definition) is 3. The van der Waals surface area contributed by atoms with Crippen LogP contribution < -0.4 is 11.1 Å². The molecule has 0 aliphatic carbocycles. The molecule has 23 heavy (non-hydrogen) atoms. The second-order valence-corrected chi connectivity index (χ2v) is 5.50. The van der Waals surface area contributed by atoms with Crippen molar-refractivity contribution in [3.8, 4) is 0 Å². The average Bonchev–Trinajstić information content (AvgIpc) is 3.03. The smallest absolute Gasteiger partial charge is 0.254 e. The van der Waals surface area contributed by atoms with Gasteiger partial charge in [-0.25, -0.2) is 0 Å². The molecule has 0 aromatic carbocycles. The van der Waals surface area contributed by atoms with E-state index in [9.17, 15) is 14.4 Å². The lowest BCUT2D eigenvalue weighted by molar-refractivity contribution is -0.127. The summed E-state index contributed by atoms with van der Waals surface area (Å²) in [6.07, 6.45) is 4.57. The maximum absolute atomic E-state index is 12.2. The second kappa shape index (κ2) is 7.57. The molecule has 0 spiro atoms. The molecule has 0 radical (unpaired) electrons. The number of nitrogens with one attached hydrogen (secondary N) is 2. The third kappa shape index (κ3) is 4.18. The zero-order valence-corrected chi connectivity index (χ0v) is 12.9. The molecule has 2 heterocycles. The predicted molar refractivity (Wildman–Crippen MR) is 83.5 cm³/mol. The number of nitrogens with two attached hydrogens (primary N) is 1. The van der Waals surface area contributed by atoms with Crippen molar-refractivity contribution >= 4 is 17.7 Å². The van der Waals surface area contributed by atoms with Crippen molar-refractivity contribution in [1.29, 1.82) is 0 Å². The molecule has 1 aliphatic rings. The Bertz CT molecular complexity index is 610. The van der Waals surface area contributed by atoms with E-state index in [-0.39, 0.29) is 30.7 Å². The van der Waals surface area contributed by atoms with Crippen molar-refractivity contribution in [2.24, 2.45) is 5.73 Å². The van der Waals surface area contributed by atoms with Crippen LogP contribution in [-0.4, -0.2) is 52.5 Å². The van der Waals surface area contributed by atoms with Crippen LogP contribution in [0.4, 0.5) is 0 Å². The molecule has 8 nitrogen and oxygen atoms in total. The van der Waals surface area contributed by atoms with Crippen molar-refractivity contribution in [3.63, 3.8) is 0 Å². The number of carbonyl (C=O) groups excluding carboxylic acids is 3. The fraction of sp³-hybridized carbons (Fsp3) is 0.467. The van der Waals surface area contributed by atoms with Gasteiger partial charge in [0.25, 0.3) is 5.91 Å². The van der Waals surface area contributed by atoms with Gasteiger partial charge in [0.15, 0.2) is 0 Å². The fourth-order valence-electron chi connectivity index (χ4n) is 2.72. The van der Waals surface area contributed by atoms with Crippen molar-refractivity contribution in [1.82, 2.24) is 20.4 Å². The molecule has 1 aliphatic heterocycles. The van der Waals surface area contributed by atoms with Gasteiger partial charge < -0.3 is 16.0 Å². The quantitative estimate of drug-likeness (QED) is 0.634. The van der Waals surface area contributed by atoms with Crippen LogP contribution in [0.3, 0.4) is 0 Å². The monoisotopic (exact) mass is 319 g/mol. The first-order chi connectivity index (χ1) is 11.0. The number of amides is 3. The Balaban J connectivity index is 2.04. The number of rotatable bonds is 6. The molecule has 4 N–H and O–H groups in total. The lowest BCUT2D eigenvalue weighted by Crippen LogP contribution is -2.38. The summed E-state index contributed by atoms with van der Waals surface area (Å²) < 4.78 is 0. The molecule has 1 unspecified atom stereocenters. The molecule has 2 rings (SSSR count). The van der Waals surface area contributed by atoms with E-state index in [1.54, 1.807) is 4.90 Å². The minimum absolute atomic E-state index is 0.0204. The molecule has 3 amide bonds. The van der Waals surface area contributed by atoms with Gasteiger partial charge in [-0.15, -0.1) is 0 Å². The number of primary amides is 1. The van der Waals surface area contributed by atoms with Gasteiger partial charge in [-0.1, -0.05) is 6.58 Å². The van der Waals surface area contributed by atoms with Crippen LogP contribution in [0.5, 0.6) is 0 Å². The van der Waals surface area contributed by atoms with Gasteiger partial charge in [-0.05, 0) is 18.9 Å². The maximum Gasteiger partial charge on any atom is 0.254 e. The van der Waals surface area contributed by atoms with Crippen molar-refractivity contribution in [3.05, 3.63) is 30.1 Å². The number of aromatic nitrogens is 2. The summed E-state index contributed by atoms with van der Waals surface area (Å²) in [6, 6.07) is 0. The SMILES string of the molecule is C=CC(=O)N1CCCC(c2[nH]ncc2C(=O)NCCC(N)=O)C1. The highest BCUT2D eigenvalue weighted by Gasteiger charge is 2.28. The van der Waals surface area contributed by atoms with E-state index >= 15 is 0 Å². The van der Waals surface area contributed by atoms with Crippen LogP contribution in [0.1, 0.15) is 41.2 Å². The fourth-order valence-corrected chi connectivity index (χ4v) is 2.72. The summed E-state index contributed by atoms with van der Waals surface area (Å²) in [5.74, 6) is -0.862. The lowest BCUT2D eigenvalue weighted by Gasteiger charge is -2.31. The highest BCUT2D eigenvalue weighted by atomic mass is 16.2. The Morgan fingerprint density at radius 2 is 2.30 bits per heavy atom. The topological polar surface area (TPSA) is 121 Å². The number of carbonyl (C=O) groups is 3. The summed E-state index contributed by atoms with van der Waals surface area (Å²) in [4.78, 5) is 36.4. The molecule has 124 valence electrons. The third-order valence-corrected chi connectivity index (χ3v) is 3.89. The van der Waals surface area contributed by atoms with Crippen LogP contribution in [0, 0.1) is 0 Å². The Morgan fingerprint density at radius 1 is 1.52 bits per heavy atom. The number of likely N-dealkylation sites (tertiary alicyclic amines) is 1. The molecule has 1 fully saturated rings. The molecule has 1 aromatic heterocycles. The van der Waals surface area contributed by atoms with Crippen LogP contribution in [-0.2, 0) is 9.59 Å². The van der Waals surface area contributed by atoms with Crippen LogP contribution in [0.25, 0.3) is 0 Å². The standard InChI is InChI=1S/C15H21N5O3/c1-2-13(22)20-7-3-4-10(9-20)14-11(8-18-19-14)15(23)17-6-5-12(16)21/h2,8,10H,1,3-7,9H2,(H2,16,21)(H,17,23)(H,18,19). The van der Waals surface area contributed by atoms with Gasteiger partial charge in [0.05, 0.1) is 17.5 Å². The van der Waals surface area contributed by atoms with Gasteiger partial charge in [0.1, 0.15) is 0 Å². The number of aromatic amines is 1. The minimum Gasteiger partial charge on any atom is -0.370 e. The van der Waals surface area contributed by atoms with E-state index in [1.165, 1.54) is 12.3 Å². The van der Waals surface area contributed by atoms with E-state index in [4.69, 9.17) is 5.73 Å². The normalized spacial score (nSPS) is 17.6. The van der Waals surface area contributed by atoms with Gasteiger partial charge in [0.2, 0.25) is 11.8 Å². The van der Waals surface area contributed by atoms with E-state index in [2.05, 4.69) is 22.1 Å². The molecule has 0 bridgehead atoms. The third-order valence-electron chi connectivity index (χ3n) is 3.89. The summed E-state index contributed by atoms with van der Waals surface area (Å²) in [7, 11) is 0. The average molecular weight is 319 g/mol. The largest absolute Gasteiger partial charge is 0.370 e. The highest BCUT2D eigenvalue weighted by molar-refractivity contribution is 5.95. The van der Waals surface area contributed by atoms with Gasteiger partial charge in [-0.2, -0.15) is 5.10 Å². The zero-order chi connectivity index (χ0) is 16.8. The van der Waals surface area contributed by atoms with Gasteiger partial charge >= 0.3 is 0 Å². The molecule has 1 saturated heterocycles. The summed E-state index contributed by atoms with van der Waals surface area (Å²) in [5, 5.41) is 9.46. The summed E-state index contributed by atoms with van der Waals surface area (Å²) in [5.41, 5.74) is 6.20. The molecular formula is C15H21N5O3. The predicted octanol–water partition coefficient (Wildman–Crippen LogP) is -0.0931. The van der Waals surface area contributed by atoms with Crippen molar-refractivity contribution in [2.75, 3.05) is 19.6 Å². The first-order valence-electron chi connectivity index (χ1n) is 7.54. The summed E-state index contributed by atoms with van der Waals surface area (Å²) in [6.45, 7) is 4.90. The number of nitrogens with zero attached hydrogens (tertiary/aromatic N) is 2. The first kappa shape index (κ1) is 16.7. The second-order valence-electron chi connectivity index (χ2n) is 5.50. The maximum atomic E-state index is 12.2. The number of H-pyrrole nitrogens is 1. The summed E-state index contributed by atoms with van der Waals surface area (Å²) >= 11 is 0. The van der Waals surface area contributed by atoms with E-state index in [0.29, 0.717) is 24.3 Å². The Labute approximate surface area is 134 Å². The van der Waals surface area contributed by atoms with Gasteiger partial charge in [0, 0.05) is 32.0 Å².